The number of H-pyrrole nitrogens is 1. The number of nitrogens with one attached hydrogen (secondary N) is 3. The maximum Gasteiger partial charge on any atom is 0.292 e. The monoisotopic (exact) mass is 348 g/mol. The first kappa shape index (κ1) is 16.7. The third-order valence-corrected chi connectivity index (χ3v) is 3.54. The van der Waals surface area contributed by atoms with Gasteiger partial charge in [0.25, 0.3) is 11.6 Å². The van der Waals surface area contributed by atoms with E-state index in [0.29, 0.717) is 5.69 Å². The minimum absolute atomic E-state index is 0.0162. The molecule has 2 aromatic carbocycles. The molecule has 1 heterocycles. The highest BCUT2D eigenvalue weighted by Crippen LogP contribution is 2.23. The van der Waals surface area contributed by atoms with Crippen LogP contribution in [0.1, 0.15) is 0 Å². The predicted molar refractivity (Wildman–Crippen MR) is 95.1 cm³/mol. The molecular weight excluding hydrogens is 336 g/mol. The Morgan fingerprint density at radius 3 is 2.88 bits per heavy atom. The third kappa shape index (κ3) is 3.49. The van der Waals surface area contributed by atoms with Crippen LogP contribution in [0.5, 0.6) is 0 Å². The molecule has 26 heavy (non-hydrogen) atoms. The number of aromatic amines is 1. The molecule has 1 aromatic heterocycles. The molecule has 0 radical (unpaired) electrons. The van der Waals surface area contributed by atoms with Crippen LogP contribution >= 0.6 is 0 Å². The number of amides is 1. The lowest BCUT2D eigenvalue weighted by atomic mass is 10.2. The van der Waals surface area contributed by atoms with E-state index >= 15 is 0 Å². The van der Waals surface area contributed by atoms with Gasteiger partial charge in [0, 0.05) is 23.3 Å². The number of hydrogen-bond acceptors (Lipinski definition) is 6. The molecule has 0 spiro atoms. The van der Waals surface area contributed by atoms with E-state index < -0.39 is 10.8 Å². The molecule has 3 rings (SSSR count). The van der Waals surface area contributed by atoms with Crippen LogP contribution in [-0.2, 0) is 4.79 Å². The van der Waals surface area contributed by atoms with Crippen molar-refractivity contribution >= 4 is 33.9 Å². The number of carbonyl (C=O) groups is 1. The summed E-state index contributed by atoms with van der Waals surface area (Å²) >= 11 is 0. The number of nitro groups is 1. The number of hydrogen-bond donors (Lipinski definition) is 3. The molecule has 9 heteroatoms. The van der Waals surface area contributed by atoms with Gasteiger partial charge < -0.3 is 10.6 Å². The highest BCUT2D eigenvalue weighted by atomic mass is 16.6. The fourth-order valence-electron chi connectivity index (χ4n) is 2.26. The van der Waals surface area contributed by atoms with Gasteiger partial charge >= 0.3 is 0 Å². The molecule has 1 amide bonds. The molecule has 0 aliphatic rings. The number of para-hydroxylation sites is 2. The molecule has 128 valence electrons. The summed E-state index contributed by atoms with van der Waals surface area (Å²) in [5, 5.41) is 33.1. The number of nitro benzene ring substituents is 1. The number of rotatable bonds is 5. The zero-order valence-electron chi connectivity index (χ0n) is 13.3. The number of nitrogens with zero attached hydrogens (tertiary/aromatic N) is 3. The van der Waals surface area contributed by atoms with Gasteiger partial charge in [-0.25, -0.2) is 0 Å². The summed E-state index contributed by atoms with van der Waals surface area (Å²) in [4.78, 5) is 22.6. The first-order valence-electron chi connectivity index (χ1n) is 7.43. The van der Waals surface area contributed by atoms with Gasteiger partial charge in [-0.05, 0) is 24.3 Å². The van der Waals surface area contributed by atoms with Gasteiger partial charge in [0.1, 0.15) is 17.3 Å². The van der Waals surface area contributed by atoms with Crippen LogP contribution in [0.3, 0.4) is 0 Å². The molecule has 0 aliphatic heterocycles. The first-order chi connectivity index (χ1) is 12.6. The van der Waals surface area contributed by atoms with Crippen LogP contribution in [0.25, 0.3) is 10.9 Å². The average molecular weight is 348 g/mol. The van der Waals surface area contributed by atoms with E-state index in [1.807, 2.05) is 6.07 Å². The van der Waals surface area contributed by atoms with Crippen LogP contribution in [0.2, 0.25) is 0 Å². The highest BCUT2D eigenvalue weighted by Gasteiger charge is 2.17. The lowest BCUT2D eigenvalue weighted by molar-refractivity contribution is -0.383. The lowest BCUT2D eigenvalue weighted by Crippen LogP contribution is -2.15. The van der Waals surface area contributed by atoms with Crippen molar-refractivity contribution in [3.63, 3.8) is 0 Å². The van der Waals surface area contributed by atoms with E-state index in [0.717, 1.165) is 10.9 Å². The Labute approximate surface area is 147 Å². The summed E-state index contributed by atoms with van der Waals surface area (Å²) in [7, 11) is 0. The summed E-state index contributed by atoms with van der Waals surface area (Å²) < 4.78 is 0. The first-order valence-corrected chi connectivity index (χ1v) is 7.43. The maximum atomic E-state index is 12.2. The quantitative estimate of drug-likeness (QED) is 0.280. The van der Waals surface area contributed by atoms with E-state index in [2.05, 4.69) is 20.8 Å². The number of fused-ring (bicyclic) bond motifs is 1. The van der Waals surface area contributed by atoms with Crippen molar-refractivity contribution in [3.8, 4) is 6.07 Å². The molecule has 0 saturated heterocycles. The summed E-state index contributed by atoms with van der Waals surface area (Å²) in [6.45, 7) is 0. The molecule has 0 atom stereocenters. The van der Waals surface area contributed by atoms with Crippen molar-refractivity contribution in [2.24, 2.45) is 0 Å². The smallest absolute Gasteiger partial charge is 0.292 e. The SMILES string of the molecule is N#C/C(=C/Nc1ccc2cn[nH]c2c1)C(=O)Nc1ccccc1[N+](=O)[O-]. The van der Waals surface area contributed by atoms with Crippen LogP contribution in [0, 0.1) is 21.4 Å². The number of anilines is 2. The Hall–Kier alpha value is -4.19. The fraction of sp³-hybridized carbons (Fsp3) is 0. The number of aromatic nitrogens is 2. The predicted octanol–water partition coefficient (Wildman–Crippen LogP) is 2.93. The van der Waals surface area contributed by atoms with Gasteiger partial charge in [-0.2, -0.15) is 10.4 Å². The van der Waals surface area contributed by atoms with E-state index in [-0.39, 0.29) is 16.9 Å². The van der Waals surface area contributed by atoms with E-state index in [1.54, 1.807) is 30.5 Å². The molecule has 0 bridgehead atoms. The van der Waals surface area contributed by atoms with Crippen molar-refractivity contribution in [2.75, 3.05) is 10.6 Å². The molecule has 3 N–H and O–H groups in total. The second-order valence-electron chi connectivity index (χ2n) is 5.21. The minimum Gasteiger partial charge on any atom is -0.360 e. The molecule has 0 saturated carbocycles. The second kappa shape index (κ2) is 7.14. The Balaban J connectivity index is 1.77. The van der Waals surface area contributed by atoms with Crippen molar-refractivity contribution in [1.29, 1.82) is 5.26 Å². The highest BCUT2D eigenvalue weighted by molar-refractivity contribution is 6.07. The Bertz CT molecular complexity index is 1060. The lowest BCUT2D eigenvalue weighted by Gasteiger charge is -2.06. The molecule has 0 aliphatic carbocycles. The average Bonchev–Trinajstić information content (AvgIpc) is 3.10. The van der Waals surface area contributed by atoms with Crippen molar-refractivity contribution in [3.05, 3.63) is 70.5 Å². The van der Waals surface area contributed by atoms with Gasteiger partial charge in [0.15, 0.2) is 0 Å². The normalized spacial score (nSPS) is 11.0. The summed E-state index contributed by atoms with van der Waals surface area (Å²) in [6, 6.07) is 12.8. The number of nitriles is 1. The number of carbonyl (C=O) groups excluding carboxylic acids is 1. The molecule has 9 nitrogen and oxygen atoms in total. The van der Waals surface area contributed by atoms with Gasteiger partial charge in [-0.15, -0.1) is 0 Å². The fourth-order valence-corrected chi connectivity index (χ4v) is 2.26. The van der Waals surface area contributed by atoms with Crippen LogP contribution < -0.4 is 10.6 Å². The van der Waals surface area contributed by atoms with E-state index in [4.69, 9.17) is 0 Å². The maximum absolute atomic E-state index is 12.2. The standard InChI is InChI=1S/C17H12N6O3/c18-8-12(9-19-13-6-5-11-10-20-22-15(11)7-13)17(24)21-14-3-1-2-4-16(14)23(25)26/h1-7,9-10,19H,(H,20,22)(H,21,24)/b12-9-. The summed E-state index contributed by atoms with van der Waals surface area (Å²) in [6.07, 6.45) is 2.91. The molecule has 0 unspecified atom stereocenters. The van der Waals surface area contributed by atoms with Crippen LogP contribution in [0.15, 0.2) is 60.4 Å². The third-order valence-electron chi connectivity index (χ3n) is 3.54. The van der Waals surface area contributed by atoms with E-state index in [9.17, 15) is 20.2 Å². The largest absolute Gasteiger partial charge is 0.360 e. The van der Waals surface area contributed by atoms with Crippen molar-refractivity contribution in [2.45, 2.75) is 0 Å². The zero-order valence-corrected chi connectivity index (χ0v) is 13.3. The van der Waals surface area contributed by atoms with Crippen molar-refractivity contribution in [1.82, 2.24) is 10.2 Å². The van der Waals surface area contributed by atoms with Crippen LogP contribution in [-0.4, -0.2) is 21.0 Å². The van der Waals surface area contributed by atoms with Crippen molar-refractivity contribution < 1.29 is 9.72 Å². The Morgan fingerprint density at radius 1 is 1.31 bits per heavy atom. The second-order valence-corrected chi connectivity index (χ2v) is 5.21. The van der Waals surface area contributed by atoms with Gasteiger partial charge in [-0.1, -0.05) is 12.1 Å². The topological polar surface area (TPSA) is 137 Å². The summed E-state index contributed by atoms with van der Waals surface area (Å²) in [5.41, 5.74) is 0.977. The van der Waals surface area contributed by atoms with Gasteiger partial charge in [-0.3, -0.25) is 20.0 Å². The number of benzene rings is 2. The van der Waals surface area contributed by atoms with Crippen LogP contribution in [0.4, 0.5) is 17.1 Å². The zero-order chi connectivity index (χ0) is 18.5. The molecule has 3 aromatic rings. The summed E-state index contributed by atoms with van der Waals surface area (Å²) in [5.74, 6) is -0.753. The Morgan fingerprint density at radius 2 is 2.12 bits per heavy atom. The van der Waals surface area contributed by atoms with E-state index in [1.165, 1.54) is 24.4 Å². The van der Waals surface area contributed by atoms with Gasteiger partial charge in [0.2, 0.25) is 0 Å². The molecular formula is C17H12N6O3. The van der Waals surface area contributed by atoms with Gasteiger partial charge in [0.05, 0.1) is 16.6 Å². The Kier molecular flexibility index (Phi) is 4.58. The molecule has 0 fully saturated rings. The minimum atomic E-state index is -0.753.